The van der Waals surface area contributed by atoms with Crippen molar-refractivity contribution in [1.82, 2.24) is 4.98 Å². The quantitative estimate of drug-likeness (QED) is 0.589. The summed E-state index contributed by atoms with van der Waals surface area (Å²) in [5, 5.41) is 0. The van der Waals surface area contributed by atoms with Gasteiger partial charge >= 0.3 is 0 Å². The first kappa shape index (κ1) is 13.2. The molecule has 0 saturated heterocycles. The summed E-state index contributed by atoms with van der Waals surface area (Å²) in [7, 11) is 1.63. The number of amidine groups is 1. The maximum atomic E-state index is 5.80. The smallest absolute Gasteiger partial charge is 0.227 e. The van der Waals surface area contributed by atoms with Crippen LogP contribution in [-0.2, 0) is 0 Å². The molecule has 0 spiro atoms. The molecule has 2 N–H and O–H groups in total. The number of rotatable bonds is 3. The van der Waals surface area contributed by atoms with Gasteiger partial charge in [0.15, 0.2) is 5.58 Å². The van der Waals surface area contributed by atoms with Crippen molar-refractivity contribution >= 4 is 22.6 Å². The van der Waals surface area contributed by atoms with Gasteiger partial charge in [0.25, 0.3) is 0 Å². The highest BCUT2D eigenvalue weighted by Gasteiger charge is 2.09. The molecular formula is C16H15N3O2. The van der Waals surface area contributed by atoms with Gasteiger partial charge in [-0.15, -0.1) is 0 Å². The molecule has 0 aliphatic heterocycles. The third-order valence-electron chi connectivity index (χ3n) is 2.99. The number of nitrogens with two attached hydrogens (primary N) is 1. The van der Waals surface area contributed by atoms with Gasteiger partial charge in [0.1, 0.15) is 11.3 Å². The zero-order valence-corrected chi connectivity index (χ0v) is 11.8. The molecule has 0 bridgehead atoms. The highest BCUT2D eigenvalue weighted by molar-refractivity contribution is 5.84. The van der Waals surface area contributed by atoms with Gasteiger partial charge in [-0.3, -0.25) is 0 Å². The summed E-state index contributed by atoms with van der Waals surface area (Å²) < 4.78 is 11.0. The molecule has 2 aromatic carbocycles. The van der Waals surface area contributed by atoms with E-state index in [1.165, 1.54) is 0 Å². The topological polar surface area (TPSA) is 73.6 Å². The van der Waals surface area contributed by atoms with E-state index in [-0.39, 0.29) is 0 Å². The largest absolute Gasteiger partial charge is 0.497 e. The van der Waals surface area contributed by atoms with Crippen LogP contribution in [0.3, 0.4) is 0 Å². The van der Waals surface area contributed by atoms with E-state index in [0.717, 1.165) is 22.5 Å². The van der Waals surface area contributed by atoms with Gasteiger partial charge in [-0.05, 0) is 37.3 Å². The normalized spacial score (nSPS) is 11.8. The first-order valence-corrected chi connectivity index (χ1v) is 6.51. The van der Waals surface area contributed by atoms with Crippen LogP contribution in [0.15, 0.2) is 51.9 Å². The zero-order valence-electron chi connectivity index (χ0n) is 11.8. The van der Waals surface area contributed by atoms with E-state index in [4.69, 9.17) is 14.9 Å². The van der Waals surface area contributed by atoms with E-state index in [0.29, 0.717) is 17.3 Å². The minimum atomic E-state index is 0.502. The highest BCUT2D eigenvalue weighted by Crippen LogP contribution is 2.28. The Bertz CT molecular complexity index is 817. The SMILES string of the molecule is COc1cccc(-c2nc3ccc(N=C(C)N)cc3o2)c1. The standard InChI is InChI=1S/C16H15N3O2/c1-10(17)18-12-6-7-14-15(9-12)21-16(19-14)11-4-3-5-13(8-11)20-2/h3-9H,1-2H3,(H2,17,18). The van der Waals surface area contributed by atoms with Crippen molar-refractivity contribution in [3.63, 3.8) is 0 Å². The molecule has 106 valence electrons. The molecule has 0 saturated carbocycles. The summed E-state index contributed by atoms with van der Waals surface area (Å²) in [6.07, 6.45) is 0. The Kier molecular flexibility index (Phi) is 3.31. The van der Waals surface area contributed by atoms with Crippen molar-refractivity contribution in [2.24, 2.45) is 10.7 Å². The Morgan fingerprint density at radius 1 is 1.24 bits per heavy atom. The molecule has 5 heteroatoms. The van der Waals surface area contributed by atoms with Crippen LogP contribution in [0.5, 0.6) is 5.75 Å². The molecule has 3 aromatic rings. The molecule has 0 atom stereocenters. The molecule has 0 radical (unpaired) electrons. The highest BCUT2D eigenvalue weighted by atomic mass is 16.5. The van der Waals surface area contributed by atoms with Crippen LogP contribution in [0.25, 0.3) is 22.6 Å². The summed E-state index contributed by atoms with van der Waals surface area (Å²) in [5.74, 6) is 1.81. The number of aliphatic imine (C=N–C) groups is 1. The van der Waals surface area contributed by atoms with Crippen molar-refractivity contribution in [3.8, 4) is 17.2 Å². The number of hydrogen-bond acceptors (Lipinski definition) is 4. The summed E-state index contributed by atoms with van der Waals surface area (Å²) in [6, 6.07) is 13.1. The lowest BCUT2D eigenvalue weighted by molar-refractivity contribution is 0.415. The van der Waals surface area contributed by atoms with Crippen molar-refractivity contribution < 1.29 is 9.15 Å². The Morgan fingerprint density at radius 3 is 2.86 bits per heavy atom. The first-order chi connectivity index (χ1) is 10.2. The molecule has 1 aromatic heterocycles. The van der Waals surface area contributed by atoms with Crippen molar-refractivity contribution in [3.05, 3.63) is 42.5 Å². The van der Waals surface area contributed by atoms with Crippen LogP contribution in [0.1, 0.15) is 6.92 Å². The molecule has 5 nitrogen and oxygen atoms in total. The Morgan fingerprint density at radius 2 is 2.10 bits per heavy atom. The average Bonchev–Trinajstić information content (AvgIpc) is 2.90. The van der Waals surface area contributed by atoms with Gasteiger partial charge in [0, 0.05) is 11.6 Å². The van der Waals surface area contributed by atoms with Gasteiger partial charge < -0.3 is 14.9 Å². The van der Waals surface area contributed by atoms with Gasteiger partial charge in [-0.2, -0.15) is 0 Å². The summed E-state index contributed by atoms with van der Waals surface area (Å²) in [6.45, 7) is 1.74. The van der Waals surface area contributed by atoms with Gasteiger partial charge in [-0.25, -0.2) is 9.98 Å². The van der Waals surface area contributed by atoms with Crippen molar-refractivity contribution in [2.75, 3.05) is 7.11 Å². The fourth-order valence-corrected chi connectivity index (χ4v) is 2.07. The first-order valence-electron chi connectivity index (χ1n) is 6.51. The number of benzene rings is 2. The zero-order chi connectivity index (χ0) is 14.8. The van der Waals surface area contributed by atoms with Crippen molar-refractivity contribution in [2.45, 2.75) is 6.92 Å². The Hall–Kier alpha value is -2.82. The number of oxazole rings is 1. The van der Waals surface area contributed by atoms with Crippen LogP contribution < -0.4 is 10.5 Å². The van der Waals surface area contributed by atoms with E-state index < -0.39 is 0 Å². The summed E-state index contributed by atoms with van der Waals surface area (Å²) in [4.78, 5) is 8.68. The second-order valence-corrected chi connectivity index (χ2v) is 4.66. The molecule has 0 aliphatic carbocycles. The van der Waals surface area contributed by atoms with Crippen LogP contribution in [0, 0.1) is 0 Å². The minimum Gasteiger partial charge on any atom is -0.497 e. The fraction of sp³-hybridized carbons (Fsp3) is 0.125. The second-order valence-electron chi connectivity index (χ2n) is 4.66. The monoisotopic (exact) mass is 281 g/mol. The maximum Gasteiger partial charge on any atom is 0.227 e. The molecule has 0 aliphatic rings. The number of aromatic nitrogens is 1. The predicted molar refractivity (Wildman–Crippen MR) is 83.0 cm³/mol. The predicted octanol–water partition coefficient (Wildman–Crippen LogP) is 3.51. The molecule has 21 heavy (non-hydrogen) atoms. The second kappa shape index (κ2) is 5.28. The molecule has 0 amide bonds. The van der Waals surface area contributed by atoms with Crippen LogP contribution in [-0.4, -0.2) is 17.9 Å². The van der Waals surface area contributed by atoms with E-state index in [2.05, 4.69) is 9.98 Å². The molecule has 0 fully saturated rings. The van der Waals surface area contributed by atoms with Gasteiger partial charge in [0.05, 0.1) is 18.6 Å². The lowest BCUT2D eigenvalue weighted by Crippen LogP contribution is -2.03. The lowest BCUT2D eigenvalue weighted by Gasteiger charge is -2.00. The summed E-state index contributed by atoms with van der Waals surface area (Å²) in [5.41, 5.74) is 8.65. The van der Waals surface area contributed by atoms with E-state index in [1.807, 2.05) is 42.5 Å². The van der Waals surface area contributed by atoms with Gasteiger partial charge in [0.2, 0.25) is 5.89 Å². The molecule has 1 heterocycles. The number of fused-ring (bicyclic) bond motifs is 1. The number of hydrogen-bond donors (Lipinski definition) is 1. The van der Waals surface area contributed by atoms with E-state index in [9.17, 15) is 0 Å². The van der Waals surface area contributed by atoms with Crippen LogP contribution in [0.2, 0.25) is 0 Å². The lowest BCUT2D eigenvalue weighted by atomic mass is 10.2. The Labute approximate surface area is 122 Å². The molecule has 3 rings (SSSR count). The van der Waals surface area contributed by atoms with E-state index >= 15 is 0 Å². The van der Waals surface area contributed by atoms with Crippen molar-refractivity contribution in [1.29, 1.82) is 0 Å². The van der Waals surface area contributed by atoms with E-state index in [1.54, 1.807) is 14.0 Å². The third kappa shape index (κ3) is 2.72. The summed E-state index contributed by atoms with van der Waals surface area (Å²) >= 11 is 0. The van der Waals surface area contributed by atoms with Gasteiger partial charge in [-0.1, -0.05) is 6.07 Å². The fourth-order valence-electron chi connectivity index (χ4n) is 2.07. The number of methoxy groups -OCH3 is 1. The molecule has 0 unspecified atom stereocenters. The number of nitrogens with zero attached hydrogens (tertiary/aromatic N) is 2. The maximum absolute atomic E-state index is 5.80. The average molecular weight is 281 g/mol. The Balaban J connectivity index is 2.06. The molecular weight excluding hydrogens is 266 g/mol. The third-order valence-corrected chi connectivity index (χ3v) is 2.99. The number of ether oxygens (including phenoxy) is 1. The van der Waals surface area contributed by atoms with Crippen LogP contribution in [0.4, 0.5) is 5.69 Å². The van der Waals surface area contributed by atoms with Crippen LogP contribution >= 0.6 is 0 Å². The minimum absolute atomic E-state index is 0.502.